The van der Waals surface area contributed by atoms with Crippen LogP contribution in [-0.2, 0) is 9.59 Å². The topological polar surface area (TPSA) is 52.6 Å². The maximum absolute atomic E-state index is 12.5. The fourth-order valence-electron chi connectivity index (χ4n) is 4.73. The van der Waals surface area contributed by atoms with Gasteiger partial charge in [-0.2, -0.15) is 0 Å². The number of hydrogen-bond donors (Lipinski definition) is 0. The van der Waals surface area contributed by atoms with Crippen molar-refractivity contribution in [2.75, 3.05) is 0 Å². The molecular weight excluding hydrogens is 432 g/mol. The van der Waals surface area contributed by atoms with Crippen molar-refractivity contribution in [2.24, 2.45) is 5.92 Å². The summed E-state index contributed by atoms with van der Waals surface area (Å²) in [6.07, 6.45) is 2.07. The van der Waals surface area contributed by atoms with Gasteiger partial charge in [0.2, 0.25) is 0 Å². The Morgan fingerprint density at radius 1 is 0.931 bits per heavy atom. The van der Waals surface area contributed by atoms with E-state index in [-0.39, 0.29) is 11.8 Å². The van der Waals surface area contributed by atoms with Gasteiger partial charge in [-0.1, -0.05) is 36.0 Å². The van der Waals surface area contributed by atoms with Crippen LogP contribution in [0.2, 0.25) is 0 Å². The van der Waals surface area contributed by atoms with Gasteiger partial charge >= 0.3 is 11.9 Å². The van der Waals surface area contributed by atoms with Crippen molar-refractivity contribution in [3.63, 3.8) is 0 Å². The van der Waals surface area contributed by atoms with Gasteiger partial charge in [0.1, 0.15) is 11.5 Å². The molecule has 0 spiro atoms. The average molecular weight is 455 g/mol. The number of carbonyl (C=O) groups excluding carboxylic acids is 2. The van der Waals surface area contributed by atoms with Crippen LogP contribution >= 0.6 is 15.9 Å². The van der Waals surface area contributed by atoms with Crippen molar-refractivity contribution < 1.29 is 19.1 Å². The Labute approximate surface area is 178 Å². The number of carbonyl (C=O) groups is 2. The lowest BCUT2D eigenvalue weighted by Crippen LogP contribution is -2.15. The van der Waals surface area contributed by atoms with Crippen molar-refractivity contribution >= 4 is 38.6 Å². The highest BCUT2D eigenvalue weighted by molar-refractivity contribution is 9.10. The van der Waals surface area contributed by atoms with E-state index in [0.29, 0.717) is 28.6 Å². The number of esters is 2. The zero-order valence-corrected chi connectivity index (χ0v) is 18.4. The summed E-state index contributed by atoms with van der Waals surface area (Å²) < 4.78 is 12.6. The predicted molar refractivity (Wildman–Crippen MR) is 116 cm³/mol. The second-order valence-electron chi connectivity index (χ2n) is 8.16. The first kappa shape index (κ1) is 19.9. The molecule has 5 heteroatoms. The average Bonchev–Trinajstić information content (AvgIpc) is 3.16. The van der Waals surface area contributed by atoms with Crippen molar-refractivity contribution in [2.45, 2.75) is 45.4 Å². The highest BCUT2D eigenvalue weighted by Crippen LogP contribution is 2.64. The van der Waals surface area contributed by atoms with Crippen LogP contribution < -0.4 is 9.47 Å². The van der Waals surface area contributed by atoms with Crippen molar-refractivity contribution in [1.82, 2.24) is 0 Å². The lowest BCUT2D eigenvalue weighted by molar-refractivity contribution is -0.131. The van der Waals surface area contributed by atoms with Crippen LogP contribution in [0, 0.1) is 5.92 Å². The molecule has 3 unspecified atom stereocenters. The van der Waals surface area contributed by atoms with Gasteiger partial charge in [0.05, 0.1) is 0 Å². The number of hydrogen-bond acceptors (Lipinski definition) is 4. The molecule has 4 rings (SSSR count). The van der Waals surface area contributed by atoms with Gasteiger partial charge in [-0.15, -0.1) is 0 Å². The summed E-state index contributed by atoms with van der Waals surface area (Å²) in [7, 11) is 0. The summed E-state index contributed by atoms with van der Waals surface area (Å²) >= 11 is 3.51. The van der Waals surface area contributed by atoms with E-state index in [2.05, 4.69) is 36.0 Å². The van der Waals surface area contributed by atoms with Crippen LogP contribution in [-0.4, -0.2) is 11.9 Å². The van der Waals surface area contributed by atoms with Gasteiger partial charge in [-0.25, -0.2) is 9.59 Å². The van der Waals surface area contributed by atoms with Crippen molar-refractivity contribution in [3.05, 3.63) is 58.1 Å². The maximum Gasteiger partial charge on any atom is 0.338 e. The first-order chi connectivity index (χ1) is 13.7. The Balaban J connectivity index is 2.04. The molecule has 1 fully saturated rings. The molecule has 0 saturated heterocycles. The molecule has 29 heavy (non-hydrogen) atoms. The first-order valence-electron chi connectivity index (χ1n) is 9.75. The third-order valence-electron chi connectivity index (χ3n) is 6.14. The Bertz CT molecular complexity index is 1100. The molecule has 2 aliphatic carbocycles. The molecule has 0 aromatic heterocycles. The highest BCUT2D eigenvalue weighted by atomic mass is 79.9. The summed E-state index contributed by atoms with van der Waals surface area (Å²) in [5, 5.41) is 1.50. The van der Waals surface area contributed by atoms with Gasteiger partial charge in [0.25, 0.3) is 0 Å². The van der Waals surface area contributed by atoms with Crippen molar-refractivity contribution in [3.8, 4) is 11.5 Å². The number of halogens is 1. The molecule has 2 bridgehead atoms. The largest absolute Gasteiger partial charge is 0.422 e. The minimum atomic E-state index is -0.449. The van der Waals surface area contributed by atoms with Crippen LogP contribution in [0.15, 0.2) is 47.0 Å². The normalized spacial score (nSPS) is 21.7. The number of ether oxygens (including phenoxy) is 2. The maximum atomic E-state index is 12.5. The minimum Gasteiger partial charge on any atom is -0.422 e. The molecule has 0 amide bonds. The summed E-state index contributed by atoms with van der Waals surface area (Å²) in [5.74, 6) is 1.19. The molecule has 0 heterocycles. The quantitative estimate of drug-likeness (QED) is 0.314. The van der Waals surface area contributed by atoms with Crippen molar-refractivity contribution in [1.29, 1.82) is 0 Å². The second kappa shape index (κ2) is 7.13. The van der Waals surface area contributed by atoms with E-state index in [0.717, 1.165) is 39.2 Å². The summed E-state index contributed by atoms with van der Waals surface area (Å²) in [6.45, 7) is 12.9. The van der Waals surface area contributed by atoms with E-state index in [1.807, 2.05) is 18.2 Å². The molecule has 2 aromatic rings. The lowest BCUT2D eigenvalue weighted by atomic mass is 9.87. The third-order valence-corrected chi connectivity index (χ3v) is 6.63. The predicted octanol–water partition coefficient (Wildman–Crippen LogP) is 6.18. The molecule has 3 atom stereocenters. The Morgan fingerprint density at radius 2 is 1.41 bits per heavy atom. The molecule has 0 N–H and O–H groups in total. The van der Waals surface area contributed by atoms with Crippen LogP contribution in [0.5, 0.6) is 11.5 Å². The minimum absolute atomic E-state index is 0.272. The van der Waals surface area contributed by atoms with E-state index in [4.69, 9.17) is 9.47 Å². The SMILES string of the molecule is C=C(C)C(=O)Oc1c2c(c(OC(=O)C(=C)C)c3cc(Br)ccc13)C1CCC2C1C. The Hall–Kier alpha value is -2.40. The third kappa shape index (κ3) is 3.12. The van der Waals surface area contributed by atoms with E-state index in [1.54, 1.807) is 13.8 Å². The fraction of sp³-hybridized carbons (Fsp3) is 0.333. The number of rotatable bonds is 4. The number of fused-ring (bicyclic) bond motifs is 6. The monoisotopic (exact) mass is 454 g/mol. The van der Waals surface area contributed by atoms with E-state index >= 15 is 0 Å². The van der Waals surface area contributed by atoms with Gasteiger partial charge in [0, 0.05) is 37.5 Å². The fourth-order valence-corrected chi connectivity index (χ4v) is 5.09. The van der Waals surface area contributed by atoms with Crippen LogP contribution in [0.4, 0.5) is 0 Å². The van der Waals surface area contributed by atoms with Gasteiger partial charge in [0.15, 0.2) is 0 Å². The first-order valence-corrected chi connectivity index (χ1v) is 10.5. The Morgan fingerprint density at radius 3 is 1.90 bits per heavy atom. The van der Waals surface area contributed by atoms with E-state index in [1.165, 1.54) is 0 Å². The smallest absolute Gasteiger partial charge is 0.338 e. The molecule has 0 radical (unpaired) electrons. The molecule has 1 saturated carbocycles. The Kier molecular flexibility index (Phi) is 4.89. The van der Waals surface area contributed by atoms with Crippen LogP contribution in [0.25, 0.3) is 10.8 Å². The van der Waals surface area contributed by atoms with Gasteiger partial charge in [-0.05, 0) is 62.6 Å². The number of benzene rings is 2. The second-order valence-corrected chi connectivity index (χ2v) is 9.08. The summed E-state index contributed by atoms with van der Waals surface area (Å²) in [5.41, 5.74) is 2.69. The molecule has 2 aromatic carbocycles. The van der Waals surface area contributed by atoms with Gasteiger partial charge in [-0.3, -0.25) is 0 Å². The zero-order valence-electron chi connectivity index (χ0n) is 16.8. The van der Waals surface area contributed by atoms with Crippen LogP contribution in [0.3, 0.4) is 0 Å². The molecule has 2 aliphatic rings. The molecule has 0 aliphatic heterocycles. The molecular formula is C24H23BrO4. The summed E-state index contributed by atoms with van der Waals surface area (Å²) in [6, 6.07) is 5.70. The lowest BCUT2D eigenvalue weighted by Gasteiger charge is -2.24. The summed E-state index contributed by atoms with van der Waals surface area (Å²) in [4.78, 5) is 24.9. The zero-order chi connectivity index (χ0) is 21.0. The molecule has 150 valence electrons. The van der Waals surface area contributed by atoms with E-state index < -0.39 is 11.9 Å². The van der Waals surface area contributed by atoms with Crippen LogP contribution in [0.1, 0.15) is 56.6 Å². The standard InChI is InChI=1S/C24H23BrO4/c1-11(2)23(26)28-21-17-7-6-14(25)10-18(17)22(29-24(27)12(3)4)20-16-9-8-15(13(16)5)19(20)21/h6-7,10,13,15-16H,1,3,8-9H2,2,4-5H3. The van der Waals surface area contributed by atoms with E-state index in [9.17, 15) is 9.59 Å². The highest BCUT2D eigenvalue weighted by Gasteiger charge is 2.48. The van der Waals surface area contributed by atoms with Gasteiger partial charge < -0.3 is 9.47 Å². The molecule has 4 nitrogen and oxygen atoms in total.